The molecule has 0 aromatic carbocycles. The molecule has 0 saturated carbocycles. The fraction of sp³-hybridized carbons (Fsp3) is 1.00. The van der Waals surface area contributed by atoms with Gasteiger partial charge in [0.25, 0.3) is 0 Å². The van der Waals surface area contributed by atoms with Gasteiger partial charge >= 0.3 is 0 Å². The van der Waals surface area contributed by atoms with E-state index in [1.807, 2.05) is 0 Å². The van der Waals surface area contributed by atoms with E-state index >= 15 is 0 Å². The van der Waals surface area contributed by atoms with Gasteiger partial charge in [-0.15, -0.1) is 0 Å². The third-order valence-corrected chi connectivity index (χ3v) is 2.84. The molecular weight excluding hydrogens is 166 g/mol. The summed E-state index contributed by atoms with van der Waals surface area (Å²) >= 11 is 2.07. The summed E-state index contributed by atoms with van der Waals surface area (Å²) < 4.78 is 0. The maximum atomic E-state index is 3.44. The number of hydrogen-bond donors (Lipinski definition) is 1. The van der Waals surface area contributed by atoms with Crippen molar-refractivity contribution >= 4 is 11.8 Å². The zero-order valence-corrected chi connectivity index (χ0v) is 9.38. The molecule has 0 unspecified atom stereocenters. The van der Waals surface area contributed by atoms with Crippen LogP contribution in [0.1, 0.15) is 39.5 Å². The fourth-order valence-corrected chi connectivity index (χ4v) is 1.91. The fourth-order valence-electron chi connectivity index (χ4n) is 0.920. The van der Waals surface area contributed by atoms with E-state index in [9.17, 15) is 0 Å². The van der Waals surface area contributed by atoms with E-state index in [0.717, 1.165) is 0 Å². The van der Waals surface area contributed by atoms with E-state index in [1.165, 1.54) is 50.3 Å². The molecule has 0 heterocycles. The molecule has 0 aliphatic heterocycles. The smallest absolute Gasteiger partial charge is 0.00581 e. The standard InChI is InChI=1S/C10H23NS/c1-3-5-7-11-8-10-12-9-6-4-2/h11H,3-10H2,1-2H3. The Morgan fingerprint density at radius 1 is 0.917 bits per heavy atom. The van der Waals surface area contributed by atoms with Crippen molar-refractivity contribution in [2.75, 3.05) is 24.6 Å². The van der Waals surface area contributed by atoms with E-state index in [4.69, 9.17) is 0 Å². The van der Waals surface area contributed by atoms with Gasteiger partial charge in [-0.05, 0) is 25.1 Å². The van der Waals surface area contributed by atoms with Crippen molar-refractivity contribution in [3.05, 3.63) is 0 Å². The molecule has 0 bridgehead atoms. The molecule has 0 amide bonds. The third-order valence-electron chi connectivity index (χ3n) is 1.77. The van der Waals surface area contributed by atoms with Crippen molar-refractivity contribution in [1.82, 2.24) is 5.32 Å². The summed E-state index contributed by atoms with van der Waals surface area (Å²) in [6.07, 6.45) is 5.32. The van der Waals surface area contributed by atoms with Crippen LogP contribution in [0.15, 0.2) is 0 Å². The van der Waals surface area contributed by atoms with Crippen LogP contribution in [0.2, 0.25) is 0 Å². The van der Waals surface area contributed by atoms with E-state index in [0.29, 0.717) is 0 Å². The summed E-state index contributed by atoms with van der Waals surface area (Å²) in [5, 5.41) is 3.44. The van der Waals surface area contributed by atoms with Gasteiger partial charge in [0.15, 0.2) is 0 Å². The normalized spacial score (nSPS) is 10.5. The highest BCUT2D eigenvalue weighted by atomic mass is 32.2. The summed E-state index contributed by atoms with van der Waals surface area (Å²) in [5.41, 5.74) is 0. The topological polar surface area (TPSA) is 12.0 Å². The van der Waals surface area contributed by atoms with Crippen LogP contribution in [0.3, 0.4) is 0 Å². The van der Waals surface area contributed by atoms with Crippen molar-refractivity contribution in [1.29, 1.82) is 0 Å². The lowest BCUT2D eigenvalue weighted by Gasteiger charge is -2.02. The van der Waals surface area contributed by atoms with Crippen molar-refractivity contribution in [3.8, 4) is 0 Å². The molecule has 1 N–H and O–H groups in total. The van der Waals surface area contributed by atoms with Crippen LogP contribution in [0.5, 0.6) is 0 Å². The average molecular weight is 189 g/mol. The highest BCUT2D eigenvalue weighted by molar-refractivity contribution is 7.99. The Morgan fingerprint density at radius 2 is 1.67 bits per heavy atom. The number of unbranched alkanes of at least 4 members (excludes halogenated alkanes) is 2. The van der Waals surface area contributed by atoms with Crippen LogP contribution >= 0.6 is 11.8 Å². The zero-order valence-electron chi connectivity index (χ0n) is 8.57. The quantitative estimate of drug-likeness (QED) is 0.560. The van der Waals surface area contributed by atoms with Gasteiger partial charge in [-0.2, -0.15) is 11.8 Å². The molecule has 0 aromatic rings. The Balaban J connectivity index is 2.73. The van der Waals surface area contributed by atoms with Crippen LogP contribution in [-0.2, 0) is 0 Å². The first-order valence-corrected chi connectivity index (χ1v) is 6.35. The summed E-state index contributed by atoms with van der Waals surface area (Å²) in [6.45, 7) is 6.87. The van der Waals surface area contributed by atoms with Crippen molar-refractivity contribution in [3.63, 3.8) is 0 Å². The van der Waals surface area contributed by atoms with Gasteiger partial charge in [0.1, 0.15) is 0 Å². The van der Waals surface area contributed by atoms with Gasteiger partial charge in [0.05, 0.1) is 0 Å². The van der Waals surface area contributed by atoms with Gasteiger partial charge in [0.2, 0.25) is 0 Å². The SMILES string of the molecule is CCCCNCCSCCCC. The molecule has 0 aromatic heterocycles. The first-order chi connectivity index (χ1) is 5.91. The van der Waals surface area contributed by atoms with E-state index in [2.05, 4.69) is 30.9 Å². The van der Waals surface area contributed by atoms with Crippen LogP contribution in [0.4, 0.5) is 0 Å². The predicted molar refractivity (Wildman–Crippen MR) is 60.0 cm³/mol. The molecule has 12 heavy (non-hydrogen) atoms. The Hall–Kier alpha value is 0.310. The van der Waals surface area contributed by atoms with Gasteiger partial charge in [-0.1, -0.05) is 26.7 Å². The van der Waals surface area contributed by atoms with Gasteiger partial charge in [-0.3, -0.25) is 0 Å². The van der Waals surface area contributed by atoms with Gasteiger partial charge in [-0.25, -0.2) is 0 Å². The second-order valence-electron chi connectivity index (χ2n) is 3.07. The number of rotatable bonds is 9. The molecule has 0 rings (SSSR count). The summed E-state index contributed by atoms with van der Waals surface area (Å²) in [7, 11) is 0. The Bertz CT molecular complexity index is 66.2. The number of nitrogens with one attached hydrogen (secondary N) is 1. The minimum Gasteiger partial charge on any atom is -0.316 e. The summed E-state index contributed by atoms with van der Waals surface area (Å²) in [5.74, 6) is 2.62. The van der Waals surface area contributed by atoms with Crippen molar-refractivity contribution in [2.45, 2.75) is 39.5 Å². The predicted octanol–water partition coefficient (Wildman–Crippen LogP) is 2.91. The van der Waals surface area contributed by atoms with Gasteiger partial charge < -0.3 is 5.32 Å². The maximum Gasteiger partial charge on any atom is 0.00581 e. The molecule has 0 aliphatic carbocycles. The lowest BCUT2D eigenvalue weighted by atomic mass is 10.3. The highest BCUT2D eigenvalue weighted by Gasteiger charge is 1.88. The monoisotopic (exact) mass is 189 g/mol. The van der Waals surface area contributed by atoms with E-state index < -0.39 is 0 Å². The van der Waals surface area contributed by atoms with E-state index in [-0.39, 0.29) is 0 Å². The molecular formula is C10H23NS. The number of hydrogen-bond acceptors (Lipinski definition) is 2. The lowest BCUT2D eigenvalue weighted by molar-refractivity contribution is 0.666. The molecule has 0 atom stereocenters. The lowest BCUT2D eigenvalue weighted by Crippen LogP contribution is -2.18. The maximum absolute atomic E-state index is 3.44. The second kappa shape index (κ2) is 11.3. The molecule has 0 spiro atoms. The molecule has 1 nitrogen and oxygen atoms in total. The highest BCUT2D eigenvalue weighted by Crippen LogP contribution is 2.02. The Morgan fingerprint density at radius 3 is 2.33 bits per heavy atom. The summed E-state index contributed by atoms with van der Waals surface area (Å²) in [4.78, 5) is 0. The molecule has 0 saturated heterocycles. The molecule has 0 fully saturated rings. The zero-order chi connectivity index (χ0) is 9.07. The molecule has 0 aliphatic rings. The van der Waals surface area contributed by atoms with Gasteiger partial charge in [0, 0.05) is 12.3 Å². The summed E-state index contributed by atoms with van der Waals surface area (Å²) in [6, 6.07) is 0. The van der Waals surface area contributed by atoms with Crippen LogP contribution < -0.4 is 5.32 Å². The molecule has 2 heteroatoms. The van der Waals surface area contributed by atoms with Crippen LogP contribution in [-0.4, -0.2) is 24.6 Å². The van der Waals surface area contributed by atoms with Crippen molar-refractivity contribution in [2.24, 2.45) is 0 Å². The number of thioether (sulfide) groups is 1. The van der Waals surface area contributed by atoms with Crippen molar-refractivity contribution < 1.29 is 0 Å². The van der Waals surface area contributed by atoms with Crippen LogP contribution in [0.25, 0.3) is 0 Å². The molecule has 74 valence electrons. The largest absolute Gasteiger partial charge is 0.316 e. The minimum absolute atomic E-state index is 1.19. The first kappa shape index (κ1) is 12.3. The van der Waals surface area contributed by atoms with Crippen LogP contribution in [0, 0.1) is 0 Å². The Kier molecular flexibility index (Phi) is 11.6. The minimum atomic E-state index is 1.19. The third kappa shape index (κ3) is 10.3. The molecule has 0 radical (unpaired) electrons. The second-order valence-corrected chi connectivity index (χ2v) is 4.29. The average Bonchev–Trinajstić information content (AvgIpc) is 2.10. The Labute approximate surface area is 81.7 Å². The first-order valence-electron chi connectivity index (χ1n) is 5.20. The van der Waals surface area contributed by atoms with E-state index in [1.54, 1.807) is 0 Å².